The molecular formula is C27H25Cl2F3N2O4. The zero-order chi connectivity index (χ0) is 28.0. The molecule has 0 bridgehead atoms. The molecule has 202 valence electrons. The lowest BCUT2D eigenvalue weighted by Gasteiger charge is -2.24. The van der Waals surface area contributed by atoms with Gasteiger partial charge in [0.2, 0.25) is 0 Å². The highest BCUT2D eigenvalue weighted by molar-refractivity contribution is 6.34. The van der Waals surface area contributed by atoms with Crippen LogP contribution in [0.25, 0.3) is 11.1 Å². The van der Waals surface area contributed by atoms with E-state index >= 15 is 0 Å². The maximum atomic E-state index is 13.6. The molecule has 0 radical (unpaired) electrons. The lowest BCUT2D eigenvalue weighted by Crippen LogP contribution is -2.37. The largest absolute Gasteiger partial charge is 0.496 e. The fourth-order valence-corrected chi connectivity index (χ4v) is 4.60. The van der Waals surface area contributed by atoms with Gasteiger partial charge in [0.25, 0.3) is 0 Å². The molecule has 0 aromatic heterocycles. The van der Waals surface area contributed by atoms with E-state index in [-0.39, 0.29) is 24.9 Å². The second-order valence-corrected chi connectivity index (χ2v) is 9.34. The molecule has 0 saturated carbocycles. The molecule has 0 aliphatic carbocycles. The standard InChI is InChI=1S/C27H25Cl2F3N2O4/c1-3-23(34-26(37)33-14-16-8-18(28)13-19(29)9-16)21-12-17(27(30,31)32)5-6-20(21)22-10-15(11-25(35)36)4-7-24(22)38-2/h4-10,12-13,23H,3,11,14H2,1-2H3,(H,35,36)(H2,33,34,37). The van der Waals surface area contributed by atoms with Crippen molar-refractivity contribution in [3.63, 3.8) is 0 Å². The fourth-order valence-electron chi connectivity index (χ4n) is 4.03. The van der Waals surface area contributed by atoms with Gasteiger partial charge in [-0.3, -0.25) is 4.79 Å². The van der Waals surface area contributed by atoms with Crippen molar-refractivity contribution in [1.82, 2.24) is 10.6 Å². The normalized spacial score (nSPS) is 12.1. The van der Waals surface area contributed by atoms with Gasteiger partial charge in [-0.25, -0.2) is 4.79 Å². The average molecular weight is 569 g/mol. The minimum absolute atomic E-state index is 0.0864. The smallest absolute Gasteiger partial charge is 0.416 e. The van der Waals surface area contributed by atoms with E-state index in [1.165, 1.54) is 13.2 Å². The van der Waals surface area contributed by atoms with Crippen molar-refractivity contribution in [3.05, 3.63) is 86.9 Å². The van der Waals surface area contributed by atoms with Crippen LogP contribution in [0.15, 0.2) is 54.6 Å². The first-order chi connectivity index (χ1) is 17.9. The van der Waals surface area contributed by atoms with Crippen LogP contribution in [0.1, 0.15) is 41.6 Å². The monoisotopic (exact) mass is 568 g/mol. The van der Waals surface area contributed by atoms with Gasteiger partial charge in [-0.2, -0.15) is 13.2 Å². The molecule has 0 spiro atoms. The first kappa shape index (κ1) is 29.1. The van der Waals surface area contributed by atoms with Crippen LogP contribution in [-0.2, 0) is 23.9 Å². The summed E-state index contributed by atoms with van der Waals surface area (Å²) in [4.78, 5) is 24.0. The van der Waals surface area contributed by atoms with Gasteiger partial charge in [-0.05, 0) is 71.1 Å². The summed E-state index contributed by atoms with van der Waals surface area (Å²) < 4.78 is 46.4. The molecule has 6 nitrogen and oxygen atoms in total. The topological polar surface area (TPSA) is 87.7 Å². The summed E-state index contributed by atoms with van der Waals surface area (Å²) in [5.41, 5.74) is 1.18. The molecule has 1 unspecified atom stereocenters. The van der Waals surface area contributed by atoms with Crippen LogP contribution < -0.4 is 15.4 Å². The molecule has 3 aromatic carbocycles. The van der Waals surface area contributed by atoms with E-state index in [9.17, 15) is 27.9 Å². The van der Waals surface area contributed by atoms with Gasteiger partial charge in [-0.1, -0.05) is 42.3 Å². The lowest BCUT2D eigenvalue weighted by atomic mass is 9.90. The van der Waals surface area contributed by atoms with Crippen molar-refractivity contribution in [2.24, 2.45) is 0 Å². The molecule has 2 amide bonds. The van der Waals surface area contributed by atoms with E-state index in [0.29, 0.717) is 38.0 Å². The number of benzene rings is 3. The molecule has 1 atom stereocenters. The minimum Gasteiger partial charge on any atom is -0.496 e. The van der Waals surface area contributed by atoms with E-state index in [4.69, 9.17) is 27.9 Å². The fraction of sp³-hybridized carbons (Fsp3) is 0.259. The molecular weight excluding hydrogens is 544 g/mol. The van der Waals surface area contributed by atoms with Crippen molar-refractivity contribution < 1.29 is 32.6 Å². The molecule has 3 N–H and O–H groups in total. The summed E-state index contributed by atoms with van der Waals surface area (Å²) in [6.45, 7) is 1.81. The number of ether oxygens (including phenoxy) is 1. The van der Waals surface area contributed by atoms with Crippen molar-refractivity contribution in [3.8, 4) is 16.9 Å². The number of methoxy groups -OCH3 is 1. The quantitative estimate of drug-likeness (QED) is 0.253. The van der Waals surface area contributed by atoms with Crippen molar-refractivity contribution in [2.45, 2.75) is 38.5 Å². The van der Waals surface area contributed by atoms with Gasteiger partial charge < -0.3 is 20.5 Å². The van der Waals surface area contributed by atoms with E-state index in [2.05, 4.69) is 10.6 Å². The Balaban J connectivity index is 1.99. The molecule has 0 saturated heterocycles. The van der Waals surface area contributed by atoms with Gasteiger partial charge in [0.1, 0.15) is 5.75 Å². The number of hydrogen-bond donors (Lipinski definition) is 3. The Labute approximate surface area is 227 Å². The third-order valence-electron chi connectivity index (χ3n) is 5.75. The highest BCUT2D eigenvalue weighted by atomic mass is 35.5. The summed E-state index contributed by atoms with van der Waals surface area (Å²) in [6.07, 6.45) is -4.63. The van der Waals surface area contributed by atoms with E-state index in [1.54, 1.807) is 43.3 Å². The summed E-state index contributed by atoms with van der Waals surface area (Å²) in [6, 6.07) is 11.3. The molecule has 0 fully saturated rings. The van der Waals surface area contributed by atoms with E-state index in [1.807, 2.05) is 0 Å². The van der Waals surface area contributed by atoms with Crippen LogP contribution in [0.3, 0.4) is 0 Å². The Morgan fingerprint density at radius 1 is 0.974 bits per heavy atom. The minimum atomic E-state index is -4.62. The third-order valence-corrected chi connectivity index (χ3v) is 6.19. The Morgan fingerprint density at radius 2 is 1.66 bits per heavy atom. The molecule has 3 aromatic rings. The number of carbonyl (C=O) groups is 2. The number of carbonyl (C=O) groups excluding carboxylic acids is 1. The lowest BCUT2D eigenvalue weighted by molar-refractivity contribution is -0.138. The van der Waals surface area contributed by atoms with Gasteiger partial charge in [0.05, 0.1) is 25.1 Å². The highest BCUT2D eigenvalue weighted by Crippen LogP contribution is 2.40. The highest BCUT2D eigenvalue weighted by Gasteiger charge is 2.32. The van der Waals surface area contributed by atoms with Gasteiger partial charge in [0.15, 0.2) is 0 Å². The number of hydrogen-bond acceptors (Lipinski definition) is 3. The van der Waals surface area contributed by atoms with Crippen LogP contribution >= 0.6 is 23.2 Å². The molecule has 0 heterocycles. The Hall–Kier alpha value is -3.43. The number of nitrogens with one attached hydrogen (secondary N) is 2. The van der Waals surface area contributed by atoms with Crippen LogP contribution in [0.5, 0.6) is 5.75 Å². The zero-order valence-corrected chi connectivity index (χ0v) is 22.0. The first-order valence-electron chi connectivity index (χ1n) is 11.5. The predicted molar refractivity (Wildman–Crippen MR) is 140 cm³/mol. The summed E-state index contributed by atoms with van der Waals surface area (Å²) in [7, 11) is 1.41. The Kier molecular flexibility index (Phi) is 9.51. The third kappa shape index (κ3) is 7.55. The van der Waals surface area contributed by atoms with Crippen LogP contribution in [-0.4, -0.2) is 24.2 Å². The summed E-state index contributed by atoms with van der Waals surface area (Å²) in [5, 5.41) is 15.4. The van der Waals surface area contributed by atoms with Gasteiger partial charge in [0, 0.05) is 22.2 Å². The van der Waals surface area contributed by atoms with E-state index in [0.717, 1.165) is 12.1 Å². The number of urea groups is 1. The maximum Gasteiger partial charge on any atom is 0.416 e. The van der Waals surface area contributed by atoms with E-state index < -0.39 is 29.8 Å². The number of carboxylic acids is 1. The van der Waals surface area contributed by atoms with Gasteiger partial charge >= 0.3 is 18.2 Å². The first-order valence-corrected chi connectivity index (χ1v) is 12.3. The maximum absolute atomic E-state index is 13.6. The Bertz CT molecular complexity index is 1310. The van der Waals surface area contributed by atoms with Crippen LogP contribution in [0, 0.1) is 0 Å². The molecule has 3 rings (SSSR count). The van der Waals surface area contributed by atoms with Crippen LogP contribution in [0.4, 0.5) is 18.0 Å². The second kappa shape index (κ2) is 12.4. The van der Waals surface area contributed by atoms with Crippen molar-refractivity contribution in [1.29, 1.82) is 0 Å². The average Bonchev–Trinajstić information content (AvgIpc) is 2.84. The second-order valence-electron chi connectivity index (χ2n) is 8.47. The number of halogens is 5. The number of aliphatic carboxylic acids is 1. The zero-order valence-electron chi connectivity index (χ0n) is 20.5. The number of amides is 2. The molecule has 38 heavy (non-hydrogen) atoms. The molecule has 0 aliphatic rings. The molecule has 11 heteroatoms. The SMILES string of the molecule is CCC(NC(=O)NCc1cc(Cl)cc(Cl)c1)c1cc(C(F)(F)F)ccc1-c1cc(CC(=O)O)ccc1OC. The number of carboxylic acid groups (broad SMARTS) is 1. The molecule has 0 aliphatic heterocycles. The van der Waals surface area contributed by atoms with Gasteiger partial charge in [-0.15, -0.1) is 0 Å². The van der Waals surface area contributed by atoms with Crippen LogP contribution in [0.2, 0.25) is 10.0 Å². The van der Waals surface area contributed by atoms with Crippen molar-refractivity contribution in [2.75, 3.05) is 7.11 Å². The van der Waals surface area contributed by atoms with Crippen molar-refractivity contribution >= 4 is 35.2 Å². The number of alkyl halides is 3. The Morgan fingerprint density at radius 3 is 2.24 bits per heavy atom. The summed E-state index contributed by atoms with van der Waals surface area (Å²) in [5.74, 6) is -0.711. The predicted octanol–water partition coefficient (Wildman–Crippen LogP) is 7.27. The number of rotatable bonds is 9. The summed E-state index contributed by atoms with van der Waals surface area (Å²) >= 11 is 12.0.